The zero-order chi connectivity index (χ0) is 17.8. The van der Waals surface area contributed by atoms with Crippen LogP contribution in [0.4, 0.5) is 0 Å². The molecule has 0 aliphatic carbocycles. The highest BCUT2D eigenvalue weighted by molar-refractivity contribution is 5.86. The minimum Gasteiger partial charge on any atom is -0.463 e. The molecule has 0 radical (unpaired) electrons. The fourth-order valence-corrected chi connectivity index (χ4v) is 0.643. The molecular weight excluding hydrogens is 290 g/mol. The van der Waals surface area contributed by atoms with Gasteiger partial charge < -0.3 is 19.9 Å². The Hall–Kier alpha value is -2.41. The van der Waals surface area contributed by atoms with Gasteiger partial charge in [0.15, 0.2) is 0 Å². The van der Waals surface area contributed by atoms with Gasteiger partial charge in [-0.2, -0.15) is 0 Å². The van der Waals surface area contributed by atoms with Crippen molar-refractivity contribution in [3.63, 3.8) is 0 Å². The molecule has 0 saturated heterocycles. The molecule has 0 aromatic rings. The Labute approximate surface area is 131 Å². The number of rotatable bonds is 7. The summed E-state index contributed by atoms with van der Waals surface area (Å²) in [5.41, 5.74) is 0. The zero-order valence-electron chi connectivity index (χ0n) is 13.2. The molecule has 0 aromatic heterocycles. The van der Waals surface area contributed by atoms with E-state index in [0.29, 0.717) is 6.61 Å². The second-order valence-electron chi connectivity index (χ2n) is 3.40. The number of hydrogen-bond acceptors (Lipinski definition) is 6. The average molecular weight is 315 g/mol. The predicted molar refractivity (Wildman–Crippen MR) is 83.5 cm³/mol. The van der Waals surface area contributed by atoms with Gasteiger partial charge in [-0.25, -0.2) is 4.79 Å². The van der Waals surface area contributed by atoms with Gasteiger partial charge in [0.25, 0.3) is 0 Å². The van der Waals surface area contributed by atoms with E-state index in [1.807, 2.05) is 6.92 Å². The zero-order valence-corrected chi connectivity index (χ0v) is 13.2. The number of esters is 2. The molecule has 0 bridgehead atoms. The third kappa shape index (κ3) is 30.5. The molecule has 0 aliphatic rings. The van der Waals surface area contributed by atoms with Crippen LogP contribution in [0.3, 0.4) is 0 Å². The van der Waals surface area contributed by atoms with Crippen LogP contribution in [0.25, 0.3) is 0 Å². The molecule has 7 heteroatoms. The first kappa shape index (κ1) is 24.6. The maximum atomic E-state index is 10.3. The van der Waals surface area contributed by atoms with Crippen molar-refractivity contribution in [1.82, 2.24) is 5.32 Å². The minimum atomic E-state index is -0.359. The summed E-state index contributed by atoms with van der Waals surface area (Å²) in [5, 5.41) is 10.1. The quantitative estimate of drug-likeness (QED) is 0.242. The van der Waals surface area contributed by atoms with Crippen molar-refractivity contribution in [2.45, 2.75) is 26.7 Å². The molecule has 0 aromatic carbocycles. The Morgan fingerprint density at radius 1 is 1.18 bits per heavy atom. The molecule has 1 amide bonds. The maximum Gasteiger partial charge on any atom is 0.330 e. The van der Waals surface area contributed by atoms with Crippen molar-refractivity contribution in [3.8, 4) is 0 Å². The van der Waals surface area contributed by atoms with E-state index in [-0.39, 0.29) is 24.6 Å². The van der Waals surface area contributed by atoms with E-state index in [1.54, 1.807) is 0 Å². The van der Waals surface area contributed by atoms with E-state index < -0.39 is 0 Å². The van der Waals surface area contributed by atoms with Gasteiger partial charge in [-0.1, -0.05) is 33.1 Å². The molecule has 126 valence electrons. The standard InChI is InChI=1S/C7H12O2.C4H7NO2.C4H6O2/c1-3-5-6-9-7(8)4-2;1-2-4(7)5-3-6;1-3-6-4(2)5/h4H,2-3,5-6H2,1H3;2,6H,1,3H2,(H,5,7);3H,1H2,2H3. The van der Waals surface area contributed by atoms with Crippen molar-refractivity contribution in [2.75, 3.05) is 13.3 Å². The van der Waals surface area contributed by atoms with Gasteiger partial charge >= 0.3 is 11.9 Å². The molecule has 0 aliphatic heterocycles. The van der Waals surface area contributed by atoms with Crippen molar-refractivity contribution in [3.05, 3.63) is 38.2 Å². The molecule has 7 nitrogen and oxygen atoms in total. The molecule has 0 spiro atoms. The maximum absolute atomic E-state index is 10.3. The van der Waals surface area contributed by atoms with E-state index in [1.165, 1.54) is 13.0 Å². The van der Waals surface area contributed by atoms with Gasteiger partial charge in [-0.3, -0.25) is 9.59 Å². The highest BCUT2D eigenvalue weighted by atomic mass is 16.5. The lowest BCUT2D eigenvalue weighted by molar-refractivity contribution is -0.138. The molecule has 22 heavy (non-hydrogen) atoms. The van der Waals surface area contributed by atoms with E-state index >= 15 is 0 Å². The monoisotopic (exact) mass is 315 g/mol. The van der Waals surface area contributed by atoms with Crippen LogP contribution >= 0.6 is 0 Å². The molecular formula is C15H25NO6. The number of carbonyl (C=O) groups is 3. The van der Waals surface area contributed by atoms with Crippen molar-refractivity contribution >= 4 is 17.8 Å². The normalized spacial score (nSPS) is 7.77. The first-order valence-electron chi connectivity index (χ1n) is 6.47. The third-order valence-electron chi connectivity index (χ3n) is 1.60. The van der Waals surface area contributed by atoms with E-state index in [9.17, 15) is 14.4 Å². The number of unbranched alkanes of at least 4 members (excludes halogenated alkanes) is 1. The van der Waals surface area contributed by atoms with Gasteiger partial charge in [0.05, 0.1) is 12.9 Å². The number of nitrogens with one attached hydrogen (secondary N) is 1. The average Bonchev–Trinajstić information content (AvgIpc) is 2.48. The fourth-order valence-electron chi connectivity index (χ4n) is 0.643. The Morgan fingerprint density at radius 2 is 1.77 bits per heavy atom. The molecule has 0 saturated carbocycles. The lowest BCUT2D eigenvalue weighted by atomic mass is 10.4. The number of hydrogen-bond donors (Lipinski definition) is 2. The van der Waals surface area contributed by atoms with Gasteiger partial charge in [-0.15, -0.1) is 0 Å². The van der Waals surface area contributed by atoms with Crippen LogP contribution in [0.15, 0.2) is 38.2 Å². The third-order valence-corrected chi connectivity index (χ3v) is 1.60. The van der Waals surface area contributed by atoms with Crippen LogP contribution in [-0.2, 0) is 23.9 Å². The van der Waals surface area contributed by atoms with Crippen LogP contribution in [0.5, 0.6) is 0 Å². The first-order valence-corrected chi connectivity index (χ1v) is 6.47. The summed E-state index contributed by atoms with van der Waals surface area (Å²) >= 11 is 0. The lowest BCUT2D eigenvalue weighted by Crippen LogP contribution is -2.20. The predicted octanol–water partition coefficient (Wildman–Crippen LogP) is 1.45. The Bertz CT molecular complexity index is 352. The minimum absolute atomic E-state index is 0.329. The smallest absolute Gasteiger partial charge is 0.330 e. The van der Waals surface area contributed by atoms with Crippen LogP contribution < -0.4 is 5.32 Å². The van der Waals surface area contributed by atoms with Crippen molar-refractivity contribution < 1.29 is 29.0 Å². The number of aliphatic hydroxyl groups is 1. The summed E-state index contributed by atoms with van der Waals surface area (Å²) in [6.45, 7) is 13.1. The van der Waals surface area contributed by atoms with E-state index in [0.717, 1.165) is 25.2 Å². The molecule has 0 unspecified atom stereocenters. The van der Waals surface area contributed by atoms with Gasteiger partial charge in [0, 0.05) is 13.0 Å². The number of amides is 1. The fraction of sp³-hybridized carbons (Fsp3) is 0.400. The van der Waals surface area contributed by atoms with Crippen molar-refractivity contribution in [1.29, 1.82) is 0 Å². The van der Waals surface area contributed by atoms with E-state index in [2.05, 4.69) is 34.5 Å². The van der Waals surface area contributed by atoms with Crippen LogP contribution in [-0.4, -0.2) is 36.3 Å². The van der Waals surface area contributed by atoms with Gasteiger partial charge in [0.1, 0.15) is 6.73 Å². The summed E-state index contributed by atoms with van der Waals surface area (Å²) in [7, 11) is 0. The molecule has 0 fully saturated rings. The van der Waals surface area contributed by atoms with Gasteiger partial charge in [0.2, 0.25) is 5.91 Å². The summed E-state index contributed by atoms with van der Waals surface area (Å²) in [5.74, 6) is -1.02. The molecule has 0 rings (SSSR count). The highest BCUT2D eigenvalue weighted by Crippen LogP contribution is 1.88. The number of aliphatic hydroxyl groups excluding tert-OH is 1. The van der Waals surface area contributed by atoms with Gasteiger partial charge in [-0.05, 0) is 12.5 Å². The van der Waals surface area contributed by atoms with E-state index in [4.69, 9.17) is 5.11 Å². The molecule has 0 heterocycles. The molecule has 2 N–H and O–H groups in total. The summed E-state index contributed by atoms with van der Waals surface area (Å²) in [6, 6.07) is 0. The Balaban J connectivity index is -0.000000252. The Kier molecular flexibility index (Phi) is 23.4. The van der Waals surface area contributed by atoms with Crippen LogP contribution in [0, 0.1) is 0 Å². The summed E-state index contributed by atoms with van der Waals surface area (Å²) in [6.07, 6.45) is 5.35. The van der Waals surface area contributed by atoms with Crippen molar-refractivity contribution in [2.24, 2.45) is 0 Å². The summed E-state index contributed by atoms with van der Waals surface area (Å²) < 4.78 is 8.84. The number of carbonyl (C=O) groups excluding carboxylic acids is 3. The topological polar surface area (TPSA) is 102 Å². The number of ether oxygens (including phenoxy) is 2. The summed E-state index contributed by atoms with van der Waals surface area (Å²) in [4.78, 5) is 30.1. The molecule has 0 atom stereocenters. The highest BCUT2D eigenvalue weighted by Gasteiger charge is 1.91. The first-order chi connectivity index (χ1) is 10.4. The SMILES string of the molecule is C=CC(=O)NCO.C=CC(=O)OCCCC.C=COC(C)=O. The van der Waals surface area contributed by atoms with Crippen LogP contribution in [0.1, 0.15) is 26.7 Å². The largest absolute Gasteiger partial charge is 0.463 e. The second-order valence-corrected chi connectivity index (χ2v) is 3.40. The second kappa shape index (κ2) is 20.9. The lowest BCUT2D eigenvalue weighted by Gasteiger charge is -1.97. The Morgan fingerprint density at radius 3 is 2.00 bits per heavy atom. The van der Waals surface area contributed by atoms with Crippen LogP contribution in [0.2, 0.25) is 0 Å².